The number of morpholine rings is 1. The van der Waals surface area contributed by atoms with Gasteiger partial charge in [-0.15, -0.1) is 0 Å². The first kappa shape index (κ1) is 17.4. The zero-order valence-electron chi connectivity index (χ0n) is 15.1. The first-order valence-corrected chi connectivity index (χ1v) is 9.08. The minimum absolute atomic E-state index is 0.759. The van der Waals surface area contributed by atoms with Crippen molar-refractivity contribution in [2.45, 2.75) is 0 Å². The van der Waals surface area contributed by atoms with Gasteiger partial charge < -0.3 is 19.9 Å². The molecule has 2 N–H and O–H groups in total. The highest BCUT2D eigenvalue weighted by molar-refractivity contribution is 5.60. The molecular weight excluding hydrogens is 342 g/mol. The van der Waals surface area contributed by atoms with E-state index >= 15 is 0 Å². The van der Waals surface area contributed by atoms with Crippen LogP contribution in [0.5, 0.6) is 0 Å². The van der Waals surface area contributed by atoms with Crippen molar-refractivity contribution in [2.24, 2.45) is 0 Å². The highest BCUT2D eigenvalue weighted by atomic mass is 16.5. The molecule has 3 aromatic rings. The van der Waals surface area contributed by atoms with Crippen molar-refractivity contribution in [3.63, 3.8) is 0 Å². The zero-order valence-corrected chi connectivity index (χ0v) is 15.1. The van der Waals surface area contributed by atoms with Gasteiger partial charge in [-0.1, -0.05) is 0 Å². The summed E-state index contributed by atoms with van der Waals surface area (Å²) in [4.78, 5) is 15.1. The number of benzene rings is 1. The number of nitrogens with zero attached hydrogens (tertiary/aromatic N) is 5. The fourth-order valence-corrected chi connectivity index (χ4v) is 2.97. The van der Waals surface area contributed by atoms with Gasteiger partial charge in [-0.05, 0) is 24.3 Å². The van der Waals surface area contributed by atoms with Gasteiger partial charge in [0.1, 0.15) is 18.0 Å². The molecule has 1 aromatic carbocycles. The molecule has 1 saturated heterocycles. The highest BCUT2D eigenvalue weighted by Gasteiger charge is 2.09. The van der Waals surface area contributed by atoms with Crippen LogP contribution in [-0.4, -0.2) is 63.8 Å². The second-order valence-corrected chi connectivity index (χ2v) is 6.31. The molecule has 3 heterocycles. The minimum Gasteiger partial charge on any atom is -0.379 e. The van der Waals surface area contributed by atoms with Crippen molar-refractivity contribution in [3.05, 3.63) is 55.4 Å². The molecule has 0 amide bonds. The number of ether oxygens (including phenoxy) is 1. The van der Waals surface area contributed by atoms with Crippen LogP contribution in [0, 0.1) is 0 Å². The lowest BCUT2D eigenvalue weighted by Crippen LogP contribution is -2.39. The standard InChI is InChI=1S/C19H23N7O/c1-3-17(26-8-5-20-15-26)4-2-16(1)24-19-13-18(22-14-23-19)21-6-7-25-9-11-27-12-10-25/h1-5,8,13-15H,6-7,9-12H2,(H2,21,22,23,24). The van der Waals surface area contributed by atoms with Crippen LogP contribution in [0.4, 0.5) is 17.3 Å². The largest absolute Gasteiger partial charge is 0.379 e. The molecule has 1 aliphatic heterocycles. The second-order valence-electron chi connectivity index (χ2n) is 6.31. The Labute approximate surface area is 158 Å². The summed E-state index contributed by atoms with van der Waals surface area (Å²) in [7, 11) is 0. The molecule has 27 heavy (non-hydrogen) atoms. The minimum atomic E-state index is 0.759. The number of hydrogen-bond donors (Lipinski definition) is 2. The Bertz CT molecular complexity index is 830. The van der Waals surface area contributed by atoms with Gasteiger partial charge in [-0.3, -0.25) is 4.90 Å². The summed E-state index contributed by atoms with van der Waals surface area (Å²) in [5.41, 5.74) is 2.03. The van der Waals surface area contributed by atoms with Crippen molar-refractivity contribution < 1.29 is 4.74 Å². The molecule has 0 radical (unpaired) electrons. The summed E-state index contributed by atoms with van der Waals surface area (Å²) in [6.45, 7) is 5.45. The molecule has 1 aliphatic rings. The average molecular weight is 365 g/mol. The maximum absolute atomic E-state index is 5.37. The van der Waals surface area contributed by atoms with E-state index in [2.05, 4.69) is 30.5 Å². The van der Waals surface area contributed by atoms with Crippen LogP contribution < -0.4 is 10.6 Å². The summed E-state index contributed by atoms with van der Waals surface area (Å²) in [5, 5.41) is 6.68. The van der Waals surface area contributed by atoms with E-state index in [1.165, 1.54) is 0 Å². The van der Waals surface area contributed by atoms with Crippen molar-refractivity contribution in [3.8, 4) is 5.69 Å². The number of hydrogen-bond acceptors (Lipinski definition) is 7. The van der Waals surface area contributed by atoms with Gasteiger partial charge in [0.2, 0.25) is 0 Å². The summed E-state index contributed by atoms with van der Waals surface area (Å²) >= 11 is 0. The van der Waals surface area contributed by atoms with Crippen molar-refractivity contribution in [1.82, 2.24) is 24.4 Å². The molecule has 0 saturated carbocycles. The van der Waals surface area contributed by atoms with E-state index in [1.54, 1.807) is 18.9 Å². The molecule has 0 aliphatic carbocycles. The Morgan fingerprint density at radius 3 is 2.63 bits per heavy atom. The molecule has 8 heteroatoms. The third kappa shape index (κ3) is 4.81. The van der Waals surface area contributed by atoms with Gasteiger partial charge in [0, 0.05) is 56.0 Å². The number of aromatic nitrogens is 4. The van der Waals surface area contributed by atoms with Crippen molar-refractivity contribution in [2.75, 3.05) is 50.0 Å². The Hall–Kier alpha value is -2.97. The monoisotopic (exact) mass is 365 g/mol. The lowest BCUT2D eigenvalue weighted by atomic mass is 10.2. The molecule has 0 bridgehead atoms. The highest BCUT2D eigenvalue weighted by Crippen LogP contribution is 2.18. The first-order valence-electron chi connectivity index (χ1n) is 9.08. The lowest BCUT2D eigenvalue weighted by molar-refractivity contribution is 0.0398. The SMILES string of the molecule is c1cn(-c2ccc(Nc3cc(NCCN4CCOCC4)ncn3)cc2)cn1. The summed E-state index contributed by atoms with van der Waals surface area (Å²) in [6, 6.07) is 10.0. The normalized spacial score (nSPS) is 14.8. The third-order valence-electron chi connectivity index (χ3n) is 4.45. The summed E-state index contributed by atoms with van der Waals surface area (Å²) in [6.07, 6.45) is 7.03. The molecular formula is C19H23N7O. The topological polar surface area (TPSA) is 80.1 Å². The van der Waals surface area contributed by atoms with E-state index in [-0.39, 0.29) is 0 Å². The number of imidazole rings is 1. The Balaban J connectivity index is 1.32. The van der Waals surface area contributed by atoms with E-state index < -0.39 is 0 Å². The van der Waals surface area contributed by atoms with Crippen LogP contribution in [0.3, 0.4) is 0 Å². The maximum Gasteiger partial charge on any atom is 0.135 e. The maximum atomic E-state index is 5.37. The fraction of sp³-hybridized carbons (Fsp3) is 0.316. The fourth-order valence-electron chi connectivity index (χ4n) is 2.97. The quantitative estimate of drug-likeness (QED) is 0.664. The van der Waals surface area contributed by atoms with Gasteiger partial charge in [-0.25, -0.2) is 15.0 Å². The van der Waals surface area contributed by atoms with Gasteiger partial charge in [0.05, 0.1) is 19.5 Å². The third-order valence-corrected chi connectivity index (χ3v) is 4.45. The van der Waals surface area contributed by atoms with E-state index in [0.29, 0.717) is 0 Å². The smallest absolute Gasteiger partial charge is 0.135 e. The predicted molar refractivity (Wildman–Crippen MR) is 105 cm³/mol. The van der Waals surface area contributed by atoms with Gasteiger partial charge in [0.15, 0.2) is 0 Å². The Morgan fingerprint density at radius 2 is 1.85 bits per heavy atom. The van der Waals surface area contributed by atoms with Crippen LogP contribution in [0.15, 0.2) is 55.4 Å². The van der Waals surface area contributed by atoms with E-state index in [9.17, 15) is 0 Å². The lowest BCUT2D eigenvalue weighted by Gasteiger charge is -2.26. The van der Waals surface area contributed by atoms with E-state index in [1.807, 2.05) is 41.1 Å². The molecule has 4 rings (SSSR count). The van der Waals surface area contributed by atoms with Crippen LogP contribution in [-0.2, 0) is 4.74 Å². The number of anilines is 3. The van der Waals surface area contributed by atoms with Crippen LogP contribution in [0.1, 0.15) is 0 Å². The summed E-state index contributed by atoms with van der Waals surface area (Å²) in [5.74, 6) is 1.57. The zero-order chi connectivity index (χ0) is 18.3. The van der Waals surface area contributed by atoms with Crippen LogP contribution in [0.2, 0.25) is 0 Å². The average Bonchev–Trinajstić information content (AvgIpc) is 3.25. The molecule has 0 atom stereocenters. The van der Waals surface area contributed by atoms with Gasteiger partial charge in [0.25, 0.3) is 0 Å². The second kappa shape index (κ2) is 8.61. The Morgan fingerprint density at radius 1 is 1.04 bits per heavy atom. The van der Waals surface area contributed by atoms with Crippen LogP contribution in [0.25, 0.3) is 5.69 Å². The molecule has 8 nitrogen and oxygen atoms in total. The Kier molecular flexibility index (Phi) is 5.56. The molecule has 1 fully saturated rings. The van der Waals surface area contributed by atoms with Gasteiger partial charge in [-0.2, -0.15) is 0 Å². The molecule has 2 aromatic heterocycles. The van der Waals surface area contributed by atoms with Crippen molar-refractivity contribution >= 4 is 17.3 Å². The summed E-state index contributed by atoms with van der Waals surface area (Å²) < 4.78 is 7.33. The first-order chi connectivity index (χ1) is 13.4. The van der Waals surface area contributed by atoms with E-state index in [0.717, 1.165) is 62.4 Å². The van der Waals surface area contributed by atoms with Gasteiger partial charge >= 0.3 is 0 Å². The molecule has 0 unspecified atom stereocenters. The van der Waals surface area contributed by atoms with E-state index in [4.69, 9.17) is 4.74 Å². The number of nitrogens with one attached hydrogen (secondary N) is 2. The number of rotatable bonds is 7. The molecule has 0 spiro atoms. The van der Waals surface area contributed by atoms with Crippen LogP contribution >= 0.6 is 0 Å². The molecule has 140 valence electrons. The predicted octanol–water partition coefficient (Wildman–Crippen LogP) is 2.15. The van der Waals surface area contributed by atoms with Crippen molar-refractivity contribution in [1.29, 1.82) is 0 Å².